The minimum absolute atomic E-state index is 0.538. The molecule has 176 valence electrons. The average molecular weight is 485 g/mol. The van der Waals surface area contributed by atoms with Crippen molar-refractivity contribution in [1.82, 2.24) is 0 Å². The third-order valence-electron chi connectivity index (χ3n) is 7.05. The van der Waals surface area contributed by atoms with Gasteiger partial charge in [0.15, 0.2) is 0 Å². The van der Waals surface area contributed by atoms with Crippen molar-refractivity contribution >= 4 is 46.8 Å². The highest BCUT2D eigenvalue weighted by molar-refractivity contribution is 7.80. The van der Waals surface area contributed by atoms with Gasteiger partial charge in [-0.3, -0.25) is 0 Å². The fraction of sp³-hybridized carbons (Fsp3) is 0.118. The maximum absolute atomic E-state index is 6.06. The van der Waals surface area contributed by atoms with Gasteiger partial charge in [-0.25, -0.2) is 0 Å². The van der Waals surface area contributed by atoms with E-state index in [4.69, 9.17) is 4.74 Å². The monoisotopic (exact) mass is 484 g/mol. The summed E-state index contributed by atoms with van der Waals surface area (Å²) in [4.78, 5) is 0. The fourth-order valence-electron chi connectivity index (χ4n) is 5.38. The Labute approximate surface area is 214 Å². The van der Waals surface area contributed by atoms with Crippen molar-refractivity contribution in [3.63, 3.8) is 0 Å². The zero-order valence-corrected chi connectivity index (χ0v) is 21.6. The van der Waals surface area contributed by atoms with E-state index >= 15 is 0 Å². The topological polar surface area (TPSA) is 9.23 Å². The van der Waals surface area contributed by atoms with Crippen molar-refractivity contribution in [3.05, 3.63) is 120 Å². The molecule has 0 unspecified atom stereocenters. The van der Waals surface area contributed by atoms with Crippen LogP contribution in [0.1, 0.15) is 13.3 Å². The van der Waals surface area contributed by atoms with Crippen LogP contribution in [0.2, 0.25) is 0 Å². The summed E-state index contributed by atoms with van der Waals surface area (Å²) in [6.45, 7) is 2.29. The summed E-state index contributed by atoms with van der Waals surface area (Å²) in [5, 5.41) is 9.17. The summed E-state index contributed by atoms with van der Waals surface area (Å²) in [6, 6.07) is 39.7. The molecule has 0 N–H and O–H groups in total. The lowest BCUT2D eigenvalue weighted by atomic mass is 9.91. The quantitative estimate of drug-likeness (QED) is 0.283. The Kier molecular flexibility index (Phi) is 6.18. The molecule has 1 aliphatic carbocycles. The van der Waals surface area contributed by atoms with Gasteiger partial charge < -0.3 is 4.74 Å². The zero-order chi connectivity index (χ0) is 24.5. The van der Waals surface area contributed by atoms with Crippen LogP contribution in [0.25, 0.3) is 34.1 Å². The summed E-state index contributed by atoms with van der Waals surface area (Å²) in [5.41, 5.74) is 2.50. The summed E-state index contributed by atoms with van der Waals surface area (Å²) in [5.74, 6) is 1.47. The van der Waals surface area contributed by atoms with E-state index in [1.807, 2.05) is 0 Å². The van der Waals surface area contributed by atoms with Crippen molar-refractivity contribution < 1.29 is 4.74 Å². The van der Waals surface area contributed by atoms with Crippen LogP contribution < -0.4 is 31.1 Å². The molecule has 0 fully saturated rings. The molecule has 1 aliphatic rings. The highest BCUT2D eigenvalue weighted by Crippen LogP contribution is 2.41. The fourth-order valence-corrected chi connectivity index (χ4v) is 7.85. The van der Waals surface area contributed by atoms with Crippen LogP contribution in [0, 0.1) is 5.92 Å². The number of hydrogen-bond acceptors (Lipinski definition) is 1. The maximum Gasteiger partial charge on any atom is 0.127 e. The van der Waals surface area contributed by atoms with Gasteiger partial charge >= 0.3 is 0 Å². The van der Waals surface area contributed by atoms with E-state index in [0.29, 0.717) is 5.92 Å². The lowest BCUT2D eigenvalue weighted by molar-refractivity contribution is 0.416. The van der Waals surface area contributed by atoms with Gasteiger partial charge in [0.05, 0.1) is 7.11 Å². The van der Waals surface area contributed by atoms with Gasteiger partial charge in [0.1, 0.15) is 5.75 Å². The first-order valence-electron chi connectivity index (χ1n) is 12.6. The number of methoxy groups -OCH3 is 1. The van der Waals surface area contributed by atoms with Gasteiger partial charge in [0, 0.05) is 11.1 Å². The lowest BCUT2D eigenvalue weighted by Gasteiger charge is -2.25. The lowest BCUT2D eigenvalue weighted by Crippen LogP contribution is -2.32. The summed E-state index contributed by atoms with van der Waals surface area (Å²) in [7, 11) is 1.01. The van der Waals surface area contributed by atoms with Crippen LogP contribution in [0.3, 0.4) is 0 Å². The molecule has 2 heteroatoms. The minimum Gasteiger partial charge on any atom is -0.496 e. The number of rotatable bonds is 5. The van der Waals surface area contributed by atoms with E-state index in [-0.39, 0.29) is 0 Å². The highest BCUT2D eigenvalue weighted by atomic mass is 31.1. The molecule has 0 amide bonds. The number of benzene rings is 5. The Morgan fingerprint density at radius 2 is 1.36 bits per heavy atom. The second-order valence-electron chi connectivity index (χ2n) is 9.42. The molecule has 0 aromatic heterocycles. The number of ether oxygens (including phenoxy) is 1. The first-order chi connectivity index (χ1) is 17.7. The summed E-state index contributed by atoms with van der Waals surface area (Å²) < 4.78 is 6.06. The van der Waals surface area contributed by atoms with Crippen LogP contribution in [0.15, 0.2) is 109 Å². The van der Waals surface area contributed by atoms with Crippen molar-refractivity contribution in [2.24, 2.45) is 5.92 Å². The van der Waals surface area contributed by atoms with E-state index in [0.717, 1.165) is 12.2 Å². The molecular weight excluding hydrogens is 455 g/mol. The van der Waals surface area contributed by atoms with Crippen LogP contribution in [0.5, 0.6) is 5.75 Å². The van der Waals surface area contributed by atoms with E-state index < -0.39 is 7.92 Å². The molecule has 36 heavy (non-hydrogen) atoms. The minimum atomic E-state index is -0.783. The molecule has 0 saturated carbocycles. The summed E-state index contributed by atoms with van der Waals surface area (Å²) >= 11 is 0. The third-order valence-corrected chi connectivity index (χ3v) is 9.53. The predicted octanol–water partition coefficient (Wildman–Crippen LogP) is 5.87. The molecule has 5 aromatic rings. The van der Waals surface area contributed by atoms with E-state index in [2.05, 4.69) is 128 Å². The number of hydrogen-bond donors (Lipinski definition) is 0. The Hall–Kier alpha value is -3.67. The molecule has 0 radical (unpaired) electrons. The van der Waals surface area contributed by atoms with Crippen molar-refractivity contribution in [2.45, 2.75) is 13.3 Å². The molecule has 0 heterocycles. The van der Waals surface area contributed by atoms with Gasteiger partial charge in [-0.1, -0.05) is 122 Å². The van der Waals surface area contributed by atoms with Gasteiger partial charge in [-0.15, -0.1) is 0 Å². The maximum atomic E-state index is 6.06. The normalized spacial score (nSPS) is 14.7. The van der Waals surface area contributed by atoms with E-state index in [1.165, 1.54) is 48.3 Å². The van der Waals surface area contributed by atoms with Gasteiger partial charge in [-0.05, 0) is 63.5 Å². The standard InChI is InChI=1S/C34H29OP/c1-24-17-20-30-26(23-24)18-21-31(35-2)33(30)34-29-16-10-9-11-25(29)19-22-32(34)36(27-12-5-3-6-13-27)28-14-7-4-8-15-28/h3-16,18-24H,17H2,1-2H3/t24-/m0/s1. The number of fused-ring (bicyclic) bond motifs is 2. The van der Waals surface area contributed by atoms with Crippen LogP contribution in [-0.2, 0) is 0 Å². The molecule has 5 aromatic carbocycles. The van der Waals surface area contributed by atoms with E-state index in [1.54, 1.807) is 7.11 Å². The highest BCUT2D eigenvalue weighted by Gasteiger charge is 2.24. The second-order valence-corrected chi connectivity index (χ2v) is 11.6. The Morgan fingerprint density at radius 3 is 2.06 bits per heavy atom. The first-order valence-corrected chi connectivity index (χ1v) is 13.9. The molecule has 6 rings (SSSR count). The molecule has 1 nitrogen and oxygen atoms in total. The van der Waals surface area contributed by atoms with Crippen molar-refractivity contribution in [3.8, 4) is 16.9 Å². The van der Waals surface area contributed by atoms with Crippen molar-refractivity contribution in [1.29, 1.82) is 0 Å². The Bertz CT molecular complexity index is 1620. The molecule has 0 bridgehead atoms. The smallest absolute Gasteiger partial charge is 0.127 e. The first kappa shape index (κ1) is 22.8. The SMILES string of the molecule is COc1ccc2c(c1-c1c(P(c3ccccc3)c3ccccc3)ccc3ccccc13)=CC[C@H](C)C=2. The Balaban J connectivity index is 1.76. The van der Waals surface area contributed by atoms with E-state index in [9.17, 15) is 0 Å². The molecule has 1 atom stereocenters. The van der Waals surface area contributed by atoms with Gasteiger partial charge in [-0.2, -0.15) is 0 Å². The Morgan fingerprint density at radius 1 is 0.694 bits per heavy atom. The van der Waals surface area contributed by atoms with Gasteiger partial charge in [0.2, 0.25) is 0 Å². The van der Waals surface area contributed by atoms with Crippen LogP contribution in [-0.4, -0.2) is 7.11 Å². The molecular formula is C34H29OP. The molecule has 0 saturated heterocycles. The van der Waals surface area contributed by atoms with Crippen LogP contribution >= 0.6 is 7.92 Å². The predicted molar refractivity (Wildman–Crippen MR) is 157 cm³/mol. The second kappa shape index (κ2) is 9.76. The molecule has 0 spiro atoms. The van der Waals surface area contributed by atoms with Crippen molar-refractivity contribution in [2.75, 3.05) is 7.11 Å². The van der Waals surface area contributed by atoms with Gasteiger partial charge in [0.25, 0.3) is 0 Å². The summed E-state index contributed by atoms with van der Waals surface area (Å²) in [6.07, 6.45) is 5.86. The average Bonchev–Trinajstić information content (AvgIpc) is 2.93. The molecule has 0 aliphatic heterocycles. The van der Waals surface area contributed by atoms with Crippen LogP contribution in [0.4, 0.5) is 0 Å². The third kappa shape index (κ3) is 4.04. The largest absolute Gasteiger partial charge is 0.496 e. The zero-order valence-electron chi connectivity index (χ0n) is 20.7.